The molecule has 1 aliphatic rings. The molecule has 0 spiro atoms. The Bertz CT molecular complexity index is 907. The summed E-state index contributed by atoms with van der Waals surface area (Å²) in [6.45, 7) is 5.33. The molecule has 132 valence electrons. The van der Waals surface area contributed by atoms with Gasteiger partial charge >= 0.3 is 0 Å². The Hall–Kier alpha value is -2.41. The van der Waals surface area contributed by atoms with Gasteiger partial charge in [-0.15, -0.1) is 10.2 Å². The summed E-state index contributed by atoms with van der Waals surface area (Å²) < 4.78 is 12.8. The molecule has 7 nitrogen and oxygen atoms in total. The Morgan fingerprint density at radius 1 is 1.16 bits per heavy atom. The van der Waals surface area contributed by atoms with E-state index in [0.717, 1.165) is 47.9 Å². The van der Waals surface area contributed by atoms with Crippen LogP contribution in [0, 0.1) is 5.92 Å². The minimum Gasteiger partial charge on any atom is -0.493 e. The van der Waals surface area contributed by atoms with Crippen LogP contribution in [0.1, 0.15) is 25.6 Å². The lowest BCUT2D eigenvalue weighted by Crippen LogP contribution is -2.34. The second-order valence-corrected chi connectivity index (χ2v) is 6.76. The van der Waals surface area contributed by atoms with Crippen molar-refractivity contribution in [2.24, 2.45) is 5.92 Å². The van der Waals surface area contributed by atoms with Crippen molar-refractivity contribution in [3.8, 4) is 11.5 Å². The smallest absolute Gasteiger partial charge is 0.171 e. The van der Waals surface area contributed by atoms with Gasteiger partial charge in [-0.05, 0) is 31.4 Å². The number of methoxy groups -OCH3 is 2. The first-order valence-corrected chi connectivity index (χ1v) is 8.66. The summed E-state index contributed by atoms with van der Waals surface area (Å²) in [5, 5.41) is 9.74. The van der Waals surface area contributed by atoms with Crippen LogP contribution in [0.5, 0.6) is 11.5 Å². The highest BCUT2D eigenvalue weighted by molar-refractivity contribution is 5.93. The van der Waals surface area contributed by atoms with E-state index >= 15 is 0 Å². The minimum absolute atomic E-state index is 0.661. The van der Waals surface area contributed by atoms with Crippen molar-refractivity contribution in [3.63, 3.8) is 0 Å². The van der Waals surface area contributed by atoms with E-state index in [1.54, 1.807) is 20.5 Å². The lowest BCUT2D eigenvalue weighted by Gasteiger charge is -2.30. The van der Waals surface area contributed by atoms with E-state index in [2.05, 4.69) is 27.0 Å². The van der Waals surface area contributed by atoms with Crippen LogP contribution in [-0.4, -0.2) is 51.8 Å². The van der Waals surface area contributed by atoms with Crippen molar-refractivity contribution in [1.29, 1.82) is 0 Å². The molecular weight excluding hydrogens is 318 g/mol. The fraction of sp³-hybridized carbons (Fsp3) is 0.500. The second kappa shape index (κ2) is 6.48. The molecule has 1 atom stereocenters. The third kappa shape index (κ3) is 2.89. The molecule has 1 unspecified atom stereocenters. The molecule has 1 aliphatic heterocycles. The van der Waals surface area contributed by atoms with Gasteiger partial charge < -0.3 is 9.47 Å². The molecule has 1 fully saturated rings. The number of nitrogens with zero attached hydrogens (tertiary/aromatic N) is 5. The zero-order valence-electron chi connectivity index (χ0n) is 14.9. The van der Waals surface area contributed by atoms with Crippen LogP contribution >= 0.6 is 0 Å². The summed E-state index contributed by atoms with van der Waals surface area (Å²) in [6.07, 6.45) is 4.35. The van der Waals surface area contributed by atoms with Crippen LogP contribution < -0.4 is 9.47 Å². The first kappa shape index (κ1) is 16.1. The van der Waals surface area contributed by atoms with Gasteiger partial charge in [-0.25, -0.2) is 4.98 Å². The average Bonchev–Trinajstić information content (AvgIpc) is 3.03. The van der Waals surface area contributed by atoms with E-state index in [-0.39, 0.29) is 0 Å². The molecule has 3 heterocycles. The standard InChI is InChI=1S/C18H23N5O2/c1-12-5-4-6-22(9-12)10-17-20-21-18-13-7-15(24-2)16(25-3)8-14(13)19-11-23(17)18/h7-8,11-12H,4-6,9-10H2,1-3H3. The molecule has 0 aliphatic carbocycles. The molecule has 0 saturated carbocycles. The molecule has 4 rings (SSSR count). The Morgan fingerprint density at radius 2 is 1.96 bits per heavy atom. The van der Waals surface area contributed by atoms with Crippen molar-refractivity contribution in [1.82, 2.24) is 24.5 Å². The Morgan fingerprint density at radius 3 is 2.72 bits per heavy atom. The third-order valence-electron chi connectivity index (χ3n) is 4.93. The zero-order chi connectivity index (χ0) is 17.4. The predicted octanol–water partition coefficient (Wildman–Crippen LogP) is 2.53. The summed E-state index contributed by atoms with van der Waals surface area (Å²) in [4.78, 5) is 7.01. The zero-order valence-corrected chi connectivity index (χ0v) is 14.9. The SMILES string of the molecule is COc1cc2ncn3c(CN4CCCC(C)C4)nnc3c2cc1OC. The van der Waals surface area contributed by atoms with Crippen LogP contribution in [0.15, 0.2) is 18.5 Å². The number of likely N-dealkylation sites (tertiary alicyclic amines) is 1. The number of benzene rings is 1. The maximum Gasteiger partial charge on any atom is 0.171 e. The number of hydrogen-bond donors (Lipinski definition) is 0. The van der Waals surface area contributed by atoms with E-state index in [9.17, 15) is 0 Å². The number of aromatic nitrogens is 4. The first-order valence-electron chi connectivity index (χ1n) is 8.66. The molecule has 3 aromatic rings. The molecule has 2 aromatic heterocycles. The average molecular weight is 341 g/mol. The second-order valence-electron chi connectivity index (χ2n) is 6.76. The summed E-state index contributed by atoms with van der Waals surface area (Å²) in [5.41, 5.74) is 1.61. The van der Waals surface area contributed by atoms with Crippen molar-refractivity contribution in [2.75, 3.05) is 27.3 Å². The quantitative estimate of drug-likeness (QED) is 0.726. The number of fused-ring (bicyclic) bond motifs is 3. The normalized spacial score (nSPS) is 18.8. The van der Waals surface area contributed by atoms with Gasteiger partial charge in [-0.3, -0.25) is 9.30 Å². The van der Waals surface area contributed by atoms with Crippen molar-refractivity contribution >= 4 is 16.6 Å². The van der Waals surface area contributed by atoms with Gasteiger partial charge in [0.1, 0.15) is 6.33 Å². The van der Waals surface area contributed by atoms with Gasteiger partial charge in [0.25, 0.3) is 0 Å². The van der Waals surface area contributed by atoms with Gasteiger partial charge in [-0.2, -0.15) is 0 Å². The molecule has 7 heteroatoms. The maximum atomic E-state index is 5.41. The number of ether oxygens (including phenoxy) is 2. The maximum absolute atomic E-state index is 5.41. The fourth-order valence-corrected chi connectivity index (χ4v) is 3.64. The molecule has 1 aromatic carbocycles. The third-order valence-corrected chi connectivity index (χ3v) is 4.93. The number of rotatable bonds is 4. The Balaban J connectivity index is 1.75. The van der Waals surface area contributed by atoms with Gasteiger partial charge in [0.15, 0.2) is 23.0 Å². The highest BCUT2D eigenvalue weighted by Crippen LogP contribution is 2.32. The monoisotopic (exact) mass is 341 g/mol. The van der Waals surface area contributed by atoms with Gasteiger partial charge in [0.2, 0.25) is 0 Å². The van der Waals surface area contributed by atoms with Crippen LogP contribution in [0.25, 0.3) is 16.6 Å². The minimum atomic E-state index is 0.661. The van der Waals surface area contributed by atoms with E-state index in [1.807, 2.05) is 16.5 Å². The highest BCUT2D eigenvalue weighted by atomic mass is 16.5. The number of piperidine rings is 1. The lowest BCUT2D eigenvalue weighted by atomic mass is 10.0. The Labute approximate surface area is 146 Å². The lowest BCUT2D eigenvalue weighted by molar-refractivity contribution is 0.172. The molecule has 1 saturated heterocycles. The molecule has 0 amide bonds. The van der Waals surface area contributed by atoms with Crippen LogP contribution in [0.4, 0.5) is 0 Å². The summed E-state index contributed by atoms with van der Waals surface area (Å²) >= 11 is 0. The summed E-state index contributed by atoms with van der Waals surface area (Å²) in [6, 6.07) is 3.78. The molecule has 25 heavy (non-hydrogen) atoms. The van der Waals surface area contributed by atoms with Crippen molar-refractivity contribution in [2.45, 2.75) is 26.3 Å². The Kier molecular flexibility index (Phi) is 4.17. The van der Waals surface area contributed by atoms with Crippen molar-refractivity contribution in [3.05, 3.63) is 24.3 Å². The van der Waals surface area contributed by atoms with Crippen LogP contribution in [-0.2, 0) is 6.54 Å². The molecule has 0 bridgehead atoms. The van der Waals surface area contributed by atoms with E-state index in [1.165, 1.54) is 12.8 Å². The topological polar surface area (TPSA) is 64.8 Å². The van der Waals surface area contributed by atoms with Gasteiger partial charge in [0.05, 0.1) is 26.3 Å². The molecular formula is C18H23N5O2. The first-order chi connectivity index (χ1) is 12.2. The van der Waals surface area contributed by atoms with E-state index in [0.29, 0.717) is 11.5 Å². The van der Waals surface area contributed by atoms with Gasteiger partial charge in [0, 0.05) is 18.0 Å². The fourth-order valence-electron chi connectivity index (χ4n) is 3.64. The molecule has 0 radical (unpaired) electrons. The van der Waals surface area contributed by atoms with Gasteiger partial charge in [-0.1, -0.05) is 6.92 Å². The number of hydrogen-bond acceptors (Lipinski definition) is 6. The van der Waals surface area contributed by atoms with Crippen molar-refractivity contribution < 1.29 is 9.47 Å². The van der Waals surface area contributed by atoms with Crippen LogP contribution in [0.3, 0.4) is 0 Å². The van der Waals surface area contributed by atoms with E-state index in [4.69, 9.17) is 9.47 Å². The summed E-state index contributed by atoms with van der Waals surface area (Å²) in [5.74, 6) is 2.99. The predicted molar refractivity (Wildman–Crippen MR) is 95.1 cm³/mol. The highest BCUT2D eigenvalue weighted by Gasteiger charge is 2.19. The summed E-state index contributed by atoms with van der Waals surface area (Å²) in [7, 11) is 3.25. The van der Waals surface area contributed by atoms with E-state index < -0.39 is 0 Å². The largest absolute Gasteiger partial charge is 0.493 e. The van der Waals surface area contributed by atoms with Crippen LogP contribution in [0.2, 0.25) is 0 Å². The molecule has 0 N–H and O–H groups in total.